The Morgan fingerprint density at radius 3 is 1.39 bits per heavy atom. The fourth-order valence-corrected chi connectivity index (χ4v) is 4.68. The van der Waals surface area contributed by atoms with Crippen LogP contribution >= 0.6 is 0 Å². The van der Waals surface area contributed by atoms with E-state index in [2.05, 4.69) is 95.0 Å². The van der Waals surface area contributed by atoms with Gasteiger partial charge < -0.3 is 32.3 Å². The summed E-state index contributed by atoms with van der Waals surface area (Å²) in [4.78, 5) is 0. The molecule has 1 fully saturated rings. The van der Waals surface area contributed by atoms with E-state index in [1.165, 1.54) is 27.1 Å². The Kier molecular flexibility index (Phi) is 17.4. The molecule has 0 aliphatic carbocycles. The zero-order chi connectivity index (χ0) is 32.2. The summed E-state index contributed by atoms with van der Waals surface area (Å²) in [5, 5.41) is 23.4. The first-order chi connectivity index (χ1) is 20.0. The second kappa shape index (κ2) is 18.8. The van der Waals surface area contributed by atoms with E-state index < -0.39 is 20.5 Å². The Morgan fingerprint density at radius 1 is 0.659 bits per heavy atom. The summed E-state index contributed by atoms with van der Waals surface area (Å²) in [5.74, 6) is 0. The molecule has 0 unspecified atom stereocenters. The second-order valence-corrected chi connectivity index (χ2v) is 12.3. The molecule has 0 atom stereocenters. The van der Waals surface area contributed by atoms with Crippen LogP contribution in [0.3, 0.4) is 0 Å². The quantitative estimate of drug-likeness (QED) is 0.109. The number of fused-ring (bicyclic) bond motifs is 2. The number of nitrogens with one attached hydrogen (secondary N) is 5. The van der Waals surface area contributed by atoms with Crippen LogP contribution in [0, 0.1) is 20.5 Å². The van der Waals surface area contributed by atoms with Crippen molar-refractivity contribution in [3.63, 3.8) is 0 Å². The van der Waals surface area contributed by atoms with Crippen molar-refractivity contribution in [1.82, 2.24) is 26.6 Å². The summed E-state index contributed by atoms with van der Waals surface area (Å²) in [7, 11) is -9.89. The maximum atomic E-state index is 8.49. The summed E-state index contributed by atoms with van der Waals surface area (Å²) in [6.07, 6.45) is 0. The molecule has 0 aromatic heterocycles. The van der Waals surface area contributed by atoms with Gasteiger partial charge in [0.1, 0.15) is 0 Å². The molecule has 0 spiro atoms. The number of hydrogen-bond donors (Lipinski definition) is 6. The van der Waals surface area contributed by atoms with Gasteiger partial charge in [0.2, 0.25) is 0 Å². The van der Waals surface area contributed by atoms with Crippen LogP contribution in [-0.4, -0.2) is 63.4 Å². The Balaban J connectivity index is 0.000000765. The molecule has 17 heteroatoms. The molecular formula is C27H40Cl2CuN6O8. The van der Waals surface area contributed by atoms with Gasteiger partial charge >= 0.3 is 17.1 Å². The molecule has 0 bridgehead atoms. The molecule has 1 heterocycles. The van der Waals surface area contributed by atoms with Crippen molar-refractivity contribution in [2.75, 3.05) is 52.4 Å². The molecule has 14 nitrogen and oxygen atoms in total. The van der Waals surface area contributed by atoms with Crippen molar-refractivity contribution in [3.05, 3.63) is 60.2 Å². The Bertz CT molecular complexity index is 1170. The molecule has 1 aliphatic heterocycles. The van der Waals surface area contributed by atoms with Crippen LogP contribution in [0.5, 0.6) is 0 Å². The van der Waals surface area contributed by atoms with Crippen LogP contribution < -0.4 is 69.6 Å². The summed E-state index contributed by atoms with van der Waals surface area (Å²) in [6, 6.07) is 19.7. The average Bonchev–Trinajstić information content (AvgIpc) is 2.88. The predicted octanol–water partition coefficient (Wildman–Crippen LogP) is -7.58. The van der Waals surface area contributed by atoms with Gasteiger partial charge in [-0.15, -0.1) is 20.5 Å². The molecule has 1 radical (unpaired) electrons. The van der Waals surface area contributed by atoms with E-state index in [-0.39, 0.29) is 28.1 Å². The van der Waals surface area contributed by atoms with E-state index in [0.29, 0.717) is 0 Å². The zero-order valence-electron chi connectivity index (χ0n) is 24.5. The van der Waals surface area contributed by atoms with Crippen molar-refractivity contribution in [2.24, 2.45) is 5.73 Å². The van der Waals surface area contributed by atoms with E-state index in [4.69, 9.17) is 43.0 Å². The van der Waals surface area contributed by atoms with Crippen molar-refractivity contribution in [1.29, 1.82) is 0 Å². The van der Waals surface area contributed by atoms with Gasteiger partial charge in [0.05, 0.1) is 0 Å². The van der Waals surface area contributed by atoms with E-state index in [0.717, 1.165) is 58.9 Å². The standard InChI is InChI=1S/C27H40N6.2ClHO4.Cu/c1-26(28)17-29-11-13-31-19-27(2,20-32-14-12-30-18-26)33-16-25-23-9-5-3-7-21(23)15-22-8-4-6-10-24(22)25;2*2-1(3,4)5;/h3-10,15,29-33H,11-14,16-20,28H2,1-2H3;2*(H,2,3,4,5);/q;;;+2/p-2. The first kappa shape index (κ1) is 40.7. The summed E-state index contributed by atoms with van der Waals surface area (Å²) >= 11 is 0. The van der Waals surface area contributed by atoms with Crippen LogP contribution in [0.15, 0.2) is 54.6 Å². The largest absolute Gasteiger partial charge is 2.00 e. The molecule has 3 aromatic carbocycles. The van der Waals surface area contributed by atoms with E-state index in [9.17, 15) is 0 Å². The van der Waals surface area contributed by atoms with E-state index >= 15 is 0 Å². The van der Waals surface area contributed by atoms with Crippen LogP contribution in [0.1, 0.15) is 19.4 Å². The number of halogens is 2. The molecule has 0 saturated carbocycles. The summed E-state index contributed by atoms with van der Waals surface area (Å²) in [5.41, 5.74) is 7.43. The topological polar surface area (TPSA) is 271 Å². The molecule has 4 rings (SSSR count). The van der Waals surface area contributed by atoms with Crippen molar-refractivity contribution < 1.29 is 74.8 Å². The number of nitrogens with two attached hydrogens (primary N) is 1. The Hall–Kier alpha value is -1.28. The van der Waals surface area contributed by atoms with E-state index in [1.54, 1.807) is 0 Å². The molecule has 3 aromatic rings. The van der Waals surface area contributed by atoms with Crippen molar-refractivity contribution in [3.8, 4) is 0 Å². The average molecular weight is 711 g/mol. The third-order valence-electron chi connectivity index (χ3n) is 6.62. The molecule has 44 heavy (non-hydrogen) atoms. The van der Waals surface area contributed by atoms with Gasteiger partial charge in [0.25, 0.3) is 0 Å². The van der Waals surface area contributed by atoms with Crippen LogP contribution in [0.25, 0.3) is 21.5 Å². The maximum absolute atomic E-state index is 8.49. The molecule has 1 saturated heterocycles. The van der Waals surface area contributed by atoms with Gasteiger partial charge in [0.15, 0.2) is 0 Å². The predicted molar refractivity (Wildman–Crippen MR) is 141 cm³/mol. The molecule has 1 aliphatic rings. The van der Waals surface area contributed by atoms with Gasteiger partial charge in [-0.1, -0.05) is 48.5 Å². The second-order valence-electron chi connectivity index (χ2n) is 10.8. The first-order valence-corrected chi connectivity index (χ1v) is 15.9. The zero-order valence-corrected chi connectivity index (χ0v) is 26.9. The van der Waals surface area contributed by atoms with Gasteiger partial charge in [-0.25, -0.2) is 37.3 Å². The third kappa shape index (κ3) is 17.4. The van der Waals surface area contributed by atoms with Crippen LogP contribution in [0.4, 0.5) is 0 Å². The SMILES string of the molecule is CC1(N)CNCCNCC(C)(NCc2c3ccccc3cc3ccccc23)CNCCNC1.[Cu+2].[O-][Cl+3]([O-])([O-])[O-].[O-][Cl+3]([O-])([O-])[O-]. The fourth-order valence-electron chi connectivity index (χ4n) is 4.68. The van der Waals surface area contributed by atoms with Gasteiger partial charge in [0, 0.05) is 70.0 Å². The smallest absolute Gasteiger partial charge is 0.323 e. The van der Waals surface area contributed by atoms with Crippen LogP contribution in [-0.2, 0) is 23.6 Å². The molecular weight excluding hydrogens is 671 g/mol. The number of hydrogen-bond acceptors (Lipinski definition) is 14. The van der Waals surface area contributed by atoms with Crippen molar-refractivity contribution in [2.45, 2.75) is 31.5 Å². The Morgan fingerprint density at radius 2 is 1.00 bits per heavy atom. The van der Waals surface area contributed by atoms with Gasteiger partial charge in [-0.05, 0) is 47.0 Å². The van der Waals surface area contributed by atoms with Crippen LogP contribution in [0.2, 0.25) is 0 Å². The van der Waals surface area contributed by atoms with Gasteiger partial charge in [-0.2, -0.15) is 0 Å². The van der Waals surface area contributed by atoms with Crippen molar-refractivity contribution >= 4 is 21.5 Å². The minimum atomic E-state index is -4.94. The maximum Gasteiger partial charge on any atom is 2.00 e. The molecule has 7 N–H and O–H groups in total. The minimum absolute atomic E-state index is 0. The monoisotopic (exact) mass is 709 g/mol. The molecule has 0 amide bonds. The van der Waals surface area contributed by atoms with Gasteiger partial charge in [-0.3, -0.25) is 0 Å². The first-order valence-electron chi connectivity index (χ1n) is 13.5. The summed E-state index contributed by atoms with van der Waals surface area (Å²) < 4.78 is 67.9. The minimum Gasteiger partial charge on any atom is -0.323 e. The number of benzene rings is 3. The number of rotatable bonds is 3. The van der Waals surface area contributed by atoms with E-state index in [1.807, 2.05) is 0 Å². The third-order valence-corrected chi connectivity index (χ3v) is 6.62. The fraction of sp³-hybridized carbons (Fsp3) is 0.481. The summed E-state index contributed by atoms with van der Waals surface area (Å²) in [6.45, 7) is 12.3. The molecule has 251 valence electrons. The Labute approximate surface area is 272 Å². The normalized spacial score (nSPS) is 22.4.